The summed E-state index contributed by atoms with van der Waals surface area (Å²) in [6.07, 6.45) is 1.70. The van der Waals surface area contributed by atoms with Gasteiger partial charge in [-0.05, 0) is 23.3 Å². The highest BCUT2D eigenvalue weighted by Gasteiger charge is 2.31. The number of ether oxygens (including phenoxy) is 1. The molecule has 0 aliphatic heterocycles. The average Bonchev–Trinajstić information content (AvgIpc) is 3.07. The van der Waals surface area contributed by atoms with Crippen molar-refractivity contribution >= 4 is 5.82 Å². The summed E-state index contributed by atoms with van der Waals surface area (Å²) >= 11 is 0. The molecule has 0 saturated carbocycles. The molecule has 3 rings (SSSR count). The lowest BCUT2D eigenvalue weighted by molar-refractivity contribution is -0.274. The largest absolute Gasteiger partial charge is 0.573 e. The van der Waals surface area contributed by atoms with Crippen LogP contribution in [-0.4, -0.2) is 20.9 Å². The van der Waals surface area contributed by atoms with Crippen molar-refractivity contribution in [3.63, 3.8) is 0 Å². The summed E-state index contributed by atoms with van der Waals surface area (Å²) in [6, 6.07) is 10.7. The van der Waals surface area contributed by atoms with E-state index in [-0.39, 0.29) is 5.75 Å². The fourth-order valence-corrected chi connectivity index (χ4v) is 2.23. The van der Waals surface area contributed by atoms with E-state index in [1.807, 2.05) is 35.0 Å². The molecule has 0 saturated heterocycles. The Labute approximate surface area is 142 Å². The Morgan fingerprint density at radius 3 is 2.40 bits per heavy atom. The number of hydrogen-bond acceptors (Lipinski definition) is 4. The lowest BCUT2D eigenvalue weighted by Crippen LogP contribution is -2.17. The Morgan fingerprint density at radius 1 is 1.04 bits per heavy atom. The number of benzene rings is 1. The highest BCUT2D eigenvalue weighted by Crippen LogP contribution is 2.22. The van der Waals surface area contributed by atoms with Crippen molar-refractivity contribution < 1.29 is 17.9 Å². The Morgan fingerprint density at radius 2 is 1.80 bits per heavy atom. The molecule has 0 radical (unpaired) electrons. The van der Waals surface area contributed by atoms with Gasteiger partial charge in [-0.2, -0.15) is 0 Å². The van der Waals surface area contributed by atoms with Crippen molar-refractivity contribution in [3.05, 3.63) is 72.4 Å². The number of halogens is 3. The average molecular weight is 348 g/mol. The van der Waals surface area contributed by atoms with E-state index in [1.54, 1.807) is 12.5 Å². The predicted octanol–water partition coefficient (Wildman–Crippen LogP) is 3.84. The second-order valence-electron chi connectivity index (χ2n) is 5.33. The third kappa shape index (κ3) is 5.23. The van der Waals surface area contributed by atoms with Crippen LogP contribution in [0.4, 0.5) is 19.0 Å². The standard InChI is InChI=1S/C17H15F3N4O/c18-17(19,20)25-15-5-6-16(23-10-15)22-9-13-1-3-14(4-2-13)11-24-8-7-21-12-24/h1-8,10,12H,9,11H2,(H,22,23). The summed E-state index contributed by atoms with van der Waals surface area (Å²) in [5, 5.41) is 3.05. The molecule has 8 heteroatoms. The van der Waals surface area contributed by atoms with Crippen LogP contribution in [-0.2, 0) is 13.1 Å². The van der Waals surface area contributed by atoms with Crippen LogP contribution in [0.1, 0.15) is 11.1 Å². The Hall–Kier alpha value is -3.03. The van der Waals surface area contributed by atoms with Crippen LogP contribution in [0, 0.1) is 0 Å². The number of aromatic nitrogens is 3. The van der Waals surface area contributed by atoms with Crippen LogP contribution < -0.4 is 10.1 Å². The van der Waals surface area contributed by atoms with Crippen molar-refractivity contribution in [1.82, 2.24) is 14.5 Å². The molecule has 0 aliphatic rings. The number of nitrogens with zero attached hydrogens (tertiary/aromatic N) is 3. The van der Waals surface area contributed by atoms with Crippen molar-refractivity contribution in [3.8, 4) is 5.75 Å². The summed E-state index contributed by atoms with van der Waals surface area (Å²) < 4.78 is 42.0. The fourth-order valence-electron chi connectivity index (χ4n) is 2.23. The van der Waals surface area contributed by atoms with Gasteiger partial charge in [0.1, 0.15) is 11.6 Å². The minimum Gasteiger partial charge on any atom is -0.404 e. The topological polar surface area (TPSA) is 52.0 Å². The van der Waals surface area contributed by atoms with E-state index in [9.17, 15) is 13.2 Å². The maximum absolute atomic E-state index is 12.1. The minimum atomic E-state index is -4.71. The van der Waals surface area contributed by atoms with E-state index in [2.05, 4.69) is 20.0 Å². The van der Waals surface area contributed by atoms with Crippen LogP contribution in [0.5, 0.6) is 5.75 Å². The number of nitrogens with one attached hydrogen (secondary N) is 1. The molecule has 2 heterocycles. The Kier molecular flexibility index (Phi) is 4.87. The molecule has 0 bridgehead atoms. The van der Waals surface area contributed by atoms with Crippen LogP contribution >= 0.6 is 0 Å². The van der Waals surface area contributed by atoms with Crippen molar-refractivity contribution in [1.29, 1.82) is 0 Å². The smallest absolute Gasteiger partial charge is 0.404 e. The molecule has 0 unspecified atom stereocenters. The molecule has 5 nitrogen and oxygen atoms in total. The van der Waals surface area contributed by atoms with Gasteiger partial charge in [0.05, 0.1) is 12.5 Å². The van der Waals surface area contributed by atoms with Gasteiger partial charge in [0.15, 0.2) is 0 Å². The van der Waals surface area contributed by atoms with E-state index in [4.69, 9.17) is 0 Å². The van der Waals surface area contributed by atoms with Gasteiger partial charge in [-0.15, -0.1) is 13.2 Å². The number of pyridine rings is 1. The van der Waals surface area contributed by atoms with Crippen molar-refractivity contribution in [2.24, 2.45) is 0 Å². The van der Waals surface area contributed by atoms with Gasteiger partial charge in [0.2, 0.25) is 0 Å². The second-order valence-corrected chi connectivity index (χ2v) is 5.33. The molecule has 1 N–H and O–H groups in total. The van der Waals surface area contributed by atoms with E-state index >= 15 is 0 Å². The van der Waals surface area contributed by atoms with Gasteiger partial charge >= 0.3 is 6.36 Å². The summed E-state index contributed by atoms with van der Waals surface area (Å²) in [4.78, 5) is 7.90. The highest BCUT2D eigenvalue weighted by atomic mass is 19.4. The van der Waals surface area contributed by atoms with E-state index in [0.717, 1.165) is 23.9 Å². The molecule has 0 spiro atoms. The minimum absolute atomic E-state index is 0.345. The molecule has 0 fully saturated rings. The third-order valence-electron chi connectivity index (χ3n) is 3.39. The molecule has 25 heavy (non-hydrogen) atoms. The number of alkyl halides is 3. The van der Waals surface area contributed by atoms with Gasteiger partial charge in [-0.3, -0.25) is 0 Å². The summed E-state index contributed by atoms with van der Waals surface area (Å²) in [7, 11) is 0. The zero-order chi connectivity index (χ0) is 17.7. The molecule has 0 aliphatic carbocycles. The van der Waals surface area contributed by atoms with Crippen LogP contribution in [0.2, 0.25) is 0 Å². The monoisotopic (exact) mass is 348 g/mol. The van der Waals surface area contributed by atoms with Gasteiger partial charge < -0.3 is 14.6 Å². The van der Waals surface area contributed by atoms with Crippen LogP contribution in [0.25, 0.3) is 0 Å². The zero-order valence-corrected chi connectivity index (χ0v) is 13.1. The number of hydrogen-bond donors (Lipinski definition) is 1. The number of anilines is 1. The Bertz CT molecular complexity index is 784. The normalized spacial score (nSPS) is 11.3. The zero-order valence-electron chi connectivity index (χ0n) is 13.1. The first-order valence-electron chi connectivity index (χ1n) is 7.47. The molecule has 3 aromatic rings. The van der Waals surface area contributed by atoms with E-state index in [0.29, 0.717) is 12.4 Å². The molecule has 0 atom stereocenters. The molecular formula is C17H15F3N4O. The third-order valence-corrected chi connectivity index (χ3v) is 3.39. The molecular weight excluding hydrogens is 333 g/mol. The lowest BCUT2D eigenvalue weighted by atomic mass is 10.1. The molecule has 1 aromatic carbocycles. The first-order valence-corrected chi connectivity index (χ1v) is 7.47. The SMILES string of the molecule is FC(F)(F)Oc1ccc(NCc2ccc(Cn3ccnc3)cc2)nc1. The predicted molar refractivity (Wildman–Crippen MR) is 86.0 cm³/mol. The van der Waals surface area contributed by atoms with Crippen LogP contribution in [0.15, 0.2) is 61.3 Å². The van der Waals surface area contributed by atoms with Gasteiger partial charge in [0, 0.05) is 25.5 Å². The first kappa shape index (κ1) is 16.8. The quantitative estimate of drug-likeness (QED) is 0.735. The summed E-state index contributed by atoms with van der Waals surface area (Å²) in [5.74, 6) is 0.124. The van der Waals surface area contributed by atoms with Crippen molar-refractivity contribution in [2.45, 2.75) is 19.5 Å². The number of rotatable bonds is 6. The van der Waals surface area contributed by atoms with Crippen LogP contribution in [0.3, 0.4) is 0 Å². The fraction of sp³-hybridized carbons (Fsp3) is 0.176. The maximum Gasteiger partial charge on any atom is 0.573 e. The van der Waals surface area contributed by atoms with Gasteiger partial charge in [-0.1, -0.05) is 24.3 Å². The first-order chi connectivity index (χ1) is 12.0. The summed E-state index contributed by atoms with van der Waals surface area (Å²) in [5.41, 5.74) is 2.18. The highest BCUT2D eigenvalue weighted by molar-refractivity contribution is 5.38. The molecule has 2 aromatic heterocycles. The van der Waals surface area contributed by atoms with Crippen molar-refractivity contribution in [2.75, 3.05) is 5.32 Å². The van der Waals surface area contributed by atoms with Gasteiger partial charge in [0.25, 0.3) is 0 Å². The molecule has 130 valence electrons. The van der Waals surface area contributed by atoms with E-state index in [1.165, 1.54) is 12.1 Å². The maximum atomic E-state index is 12.1. The number of imidazole rings is 1. The lowest BCUT2D eigenvalue weighted by Gasteiger charge is -2.10. The second kappa shape index (κ2) is 7.25. The molecule has 0 amide bonds. The van der Waals surface area contributed by atoms with Gasteiger partial charge in [-0.25, -0.2) is 9.97 Å². The Balaban J connectivity index is 1.53. The summed E-state index contributed by atoms with van der Waals surface area (Å²) in [6.45, 7) is 1.26. The van der Waals surface area contributed by atoms with E-state index < -0.39 is 6.36 Å².